The zero-order valence-corrected chi connectivity index (χ0v) is 7.03. The van der Waals surface area contributed by atoms with E-state index in [9.17, 15) is 0 Å². The highest BCUT2D eigenvalue weighted by atomic mass is 79.9. The minimum absolute atomic E-state index is 0.393. The third-order valence-electron chi connectivity index (χ3n) is 1.18. The van der Waals surface area contributed by atoms with Gasteiger partial charge in [0.2, 0.25) is 5.76 Å². The Balaban J connectivity index is 3.34. The molecule has 0 saturated heterocycles. The van der Waals surface area contributed by atoms with Gasteiger partial charge in [0.05, 0.1) is 4.47 Å². The summed E-state index contributed by atoms with van der Waals surface area (Å²) in [7, 11) is 0. The molecule has 0 radical (unpaired) electrons. The molecule has 2 N–H and O–H groups in total. The molecule has 0 aromatic carbocycles. The van der Waals surface area contributed by atoms with E-state index in [1.807, 2.05) is 0 Å². The standard InChI is InChI=1S/C7H6BrNO/c1-3-5-7(9)6(8)4(2)10-5/h1H,9H2,2H3. The number of anilines is 1. The molecule has 3 heteroatoms. The molecule has 1 heterocycles. The quantitative estimate of drug-likeness (QED) is 0.649. The predicted octanol–water partition coefficient (Wildman–Crippen LogP) is 1.91. The number of terminal acetylenes is 1. The smallest absolute Gasteiger partial charge is 0.200 e. The second-order valence-corrected chi connectivity index (χ2v) is 2.65. The molecular weight excluding hydrogens is 194 g/mol. The topological polar surface area (TPSA) is 39.2 Å². The van der Waals surface area contributed by atoms with Crippen LogP contribution >= 0.6 is 15.9 Å². The zero-order valence-electron chi connectivity index (χ0n) is 5.44. The summed E-state index contributed by atoms with van der Waals surface area (Å²) in [4.78, 5) is 0. The molecule has 2 nitrogen and oxygen atoms in total. The number of aryl methyl sites for hydroxylation is 1. The Bertz CT molecular complexity index is 295. The summed E-state index contributed by atoms with van der Waals surface area (Å²) in [6.45, 7) is 1.79. The summed E-state index contributed by atoms with van der Waals surface area (Å²) < 4.78 is 5.84. The molecule has 0 atom stereocenters. The first kappa shape index (κ1) is 7.23. The molecule has 0 saturated carbocycles. The van der Waals surface area contributed by atoms with Crippen molar-refractivity contribution in [3.8, 4) is 12.3 Å². The van der Waals surface area contributed by atoms with E-state index >= 15 is 0 Å². The lowest BCUT2D eigenvalue weighted by atomic mass is 10.4. The molecule has 1 aromatic heterocycles. The fourth-order valence-corrected chi connectivity index (χ4v) is 0.910. The van der Waals surface area contributed by atoms with Crippen molar-refractivity contribution in [2.24, 2.45) is 0 Å². The summed E-state index contributed by atoms with van der Waals surface area (Å²) in [5, 5.41) is 0. The van der Waals surface area contributed by atoms with E-state index in [2.05, 4.69) is 21.9 Å². The van der Waals surface area contributed by atoms with Crippen molar-refractivity contribution in [1.82, 2.24) is 0 Å². The second-order valence-electron chi connectivity index (χ2n) is 1.86. The highest BCUT2D eigenvalue weighted by Crippen LogP contribution is 2.29. The van der Waals surface area contributed by atoms with Crippen LogP contribution in [0.2, 0.25) is 0 Å². The molecule has 0 fully saturated rings. The van der Waals surface area contributed by atoms with E-state index in [0.29, 0.717) is 17.2 Å². The summed E-state index contributed by atoms with van der Waals surface area (Å²) in [5.41, 5.74) is 6.03. The van der Waals surface area contributed by atoms with Crippen molar-refractivity contribution in [1.29, 1.82) is 0 Å². The Morgan fingerprint density at radius 2 is 2.30 bits per heavy atom. The molecule has 0 aliphatic rings. The lowest BCUT2D eigenvalue weighted by molar-refractivity contribution is 0.522. The van der Waals surface area contributed by atoms with Crippen LogP contribution in [0.5, 0.6) is 0 Å². The highest BCUT2D eigenvalue weighted by molar-refractivity contribution is 9.10. The van der Waals surface area contributed by atoms with Crippen LogP contribution in [0.15, 0.2) is 8.89 Å². The number of nitrogens with two attached hydrogens (primary N) is 1. The van der Waals surface area contributed by atoms with E-state index in [-0.39, 0.29) is 0 Å². The van der Waals surface area contributed by atoms with Crippen molar-refractivity contribution >= 4 is 21.6 Å². The van der Waals surface area contributed by atoms with Gasteiger partial charge in [-0.05, 0) is 28.8 Å². The van der Waals surface area contributed by atoms with Crippen LogP contribution in [-0.4, -0.2) is 0 Å². The fraction of sp³-hybridized carbons (Fsp3) is 0.143. The Labute approximate surface area is 67.5 Å². The Morgan fingerprint density at radius 1 is 1.70 bits per heavy atom. The lowest BCUT2D eigenvalue weighted by Gasteiger charge is -1.83. The van der Waals surface area contributed by atoms with Crippen LogP contribution < -0.4 is 5.73 Å². The molecule has 0 unspecified atom stereocenters. The molecule has 0 aliphatic carbocycles. The summed E-state index contributed by atoms with van der Waals surface area (Å²) in [6.07, 6.45) is 5.09. The van der Waals surface area contributed by atoms with Gasteiger partial charge in [0.1, 0.15) is 11.4 Å². The Hall–Kier alpha value is -0.880. The lowest BCUT2D eigenvalue weighted by Crippen LogP contribution is -1.84. The maximum atomic E-state index is 5.53. The van der Waals surface area contributed by atoms with Crippen LogP contribution in [0.1, 0.15) is 11.5 Å². The highest BCUT2D eigenvalue weighted by Gasteiger charge is 2.09. The van der Waals surface area contributed by atoms with Gasteiger partial charge in [-0.25, -0.2) is 0 Å². The average Bonchev–Trinajstić information content (AvgIpc) is 2.17. The Morgan fingerprint density at radius 3 is 2.50 bits per heavy atom. The SMILES string of the molecule is C#Cc1oc(C)c(Br)c1N. The maximum Gasteiger partial charge on any atom is 0.200 e. The molecule has 0 amide bonds. The normalized spacial score (nSPS) is 9.30. The van der Waals surface area contributed by atoms with E-state index in [1.54, 1.807) is 6.92 Å². The first-order chi connectivity index (χ1) is 4.66. The van der Waals surface area contributed by atoms with Gasteiger partial charge in [0.25, 0.3) is 0 Å². The van der Waals surface area contributed by atoms with E-state index < -0.39 is 0 Å². The van der Waals surface area contributed by atoms with Crippen molar-refractivity contribution < 1.29 is 4.42 Å². The number of hydrogen-bond acceptors (Lipinski definition) is 2. The molecule has 0 spiro atoms. The summed E-state index contributed by atoms with van der Waals surface area (Å²) >= 11 is 3.23. The maximum absolute atomic E-state index is 5.53. The van der Waals surface area contributed by atoms with Gasteiger partial charge in [-0.3, -0.25) is 0 Å². The van der Waals surface area contributed by atoms with Gasteiger partial charge in [0.15, 0.2) is 0 Å². The monoisotopic (exact) mass is 199 g/mol. The average molecular weight is 200 g/mol. The van der Waals surface area contributed by atoms with Crippen molar-refractivity contribution in [2.45, 2.75) is 6.92 Å². The van der Waals surface area contributed by atoms with Gasteiger partial charge in [-0.2, -0.15) is 0 Å². The molecule has 0 aliphatic heterocycles. The number of hydrogen-bond donors (Lipinski definition) is 1. The number of furan rings is 1. The van der Waals surface area contributed by atoms with Crippen molar-refractivity contribution in [3.05, 3.63) is 16.0 Å². The minimum atomic E-state index is 0.393. The van der Waals surface area contributed by atoms with Crippen molar-refractivity contribution in [3.63, 3.8) is 0 Å². The van der Waals surface area contributed by atoms with Gasteiger partial charge >= 0.3 is 0 Å². The third kappa shape index (κ3) is 0.910. The van der Waals surface area contributed by atoms with Crippen LogP contribution in [-0.2, 0) is 0 Å². The predicted molar refractivity (Wildman–Crippen MR) is 43.5 cm³/mol. The van der Waals surface area contributed by atoms with E-state index in [4.69, 9.17) is 16.6 Å². The van der Waals surface area contributed by atoms with Gasteiger partial charge < -0.3 is 10.2 Å². The number of nitrogen functional groups attached to an aromatic ring is 1. The summed E-state index contributed by atoms with van der Waals surface area (Å²) in [5.74, 6) is 3.44. The minimum Gasteiger partial charge on any atom is -0.450 e. The van der Waals surface area contributed by atoms with Crippen LogP contribution in [0, 0.1) is 19.3 Å². The fourth-order valence-electron chi connectivity index (χ4n) is 0.649. The first-order valence-corrected chi connectivity index (χ1v) is 3.47. The molecule has 1 rings (SSSR count). The van der Waals surface area contributed by atoms with Crippen LogP contribution in [0.25, 0.3) is 0 Å². The summed E-state index contributed by atoms with van der Waals surface area (Å²) in [6, 6.07) is 0. The van der Waals surface area contributed by atoms with Gasteiger partial charge in [-0.1, -0.05) is 0 Å². The van der Waals surface area contributed by atoms with Crippen molar-refractivity contribution in [2.75, 3.05) is 5.73 Å². The first-order valence-electron chi connectivity index (χ1n) is 2.67. The van der Waals surface area contributed by atoms with Gasteiger partial charge in [0, 0.05) is 0 Å². The Kier molecular flexibility index (Phi) is 1.73. The molecule has 52 valence electrons. The zero-order chi connectivity index (χ0) is 7.72. The molecule has 0 bridgehead atoms. The molecule has 10 heavy (non-hydrogen) atoms. The van der Waals surface area contributed by atoms with Gasteiger partial charge in [-0.15, -0.1) is 6.42 Å². The van der Waals surface area contributed by atoms with Crippen LogP contribution in [0.3, 0.4) is 0 Å². The molecular formula is C7H6BrNO. The number of rotatable bonds is 0. The second kappa shape index (κ2) is 2.39. The largest absolute Gasteiger partial charge is 0.450 e. The third-order valence-corrected chi connectivity index (χ3v) is 2.16. The van der Waals surface area contributed by atoms with E-state index in [0.717, 1.165) is 4.47 Å². The van der Waals surface area contributed by atoms with Crippen LogP contribution in [0.4, 0.5) is 5.69 Å². The van der Waals surface area contributed by atoms with E-state index in [1.165, 1.54) is 0 Å². The number of halogens is 1. The molecule has 1 aromatic rings.